The predicted octanol–water partition coefficient (Wildman–Crippen LogP) is 3.61. The summed E-state index contributed by atoms with van der Waals surface area (Å²) in [5.74, 6) is 2.67. The number of carbonyl (C=O) groups is 1. The first-order valence-electron chi connectivity index (χ1n) is 9.01. The maximum atomic E-state index is 12.5. The molecule has 3 N–H and O–H groups in total. The summed E-state index contributed by atoms with van der Waals surface area (Å²) in [4.78, 5) is 12.5. The second-order valence-corrected chi connectivity index (χ2v) is 8.50. The SMILES string of the molecule is O=C(CC12CC3CC(CC(C3)C1)C2)NC(=S)NNc1ccccc1. The Hall–Kier alpha value is -1.62. The van der Waals surface area contributed by atoms with Crippen LogP contribution in [0.5, 0.6) is 0 Å². The number of hydrazine groups is 1. The highest BCUT2D eigenvalue weighted by Crippen LogP contribution is 2.61. The van der Waals surface area contributed by atoms with Crippen LogP contribution in [0.15, 0.2) is 30.3 Å². The zero-order valence-electron chi connectivity index (χ0n) is 13.9. The van der Waals surface area contributed by atoms with Crippen molar-refractivity contribution in [1.29, 1.82) is 0 Å². The third-order valence-electron chi connectivity index (χ3n) is 6.05. The number of rotatable bonds is 4. The van der Waals surface area contributed by atoms with Gasteiger partial charge in [-0.1, -0.05) is 18.2 Å². The molecule has 4 bridgehead atoms. The van der Waals surface area contributed by atoms with E-state index in [1.165, 1.54) is 38.5 Å². The number of anilines is 1. The Kier molecular flexibility index (Phi) is 4.21. The van der Waals surface area contributed by atoms with E-state index in [0.717, 1.165) is 23.4 Å². The Labute approximate surface area is 148 Å². The Bertz CT molecular complexity index is 595. The van der Waals surface area contributed by atoms with Gasteiger partial charge in [0.25, 0.3) is 0 Å². The molecule has 0 heterocycles. The topological polar surface area (TPSA) is 53.2 Å². The van der Waals surface area contributed by atoms with Crippen LogP contribution in [-0.4, -0.2) is 11.0 Å². The number of amides is 1. The first-order valence-corrected chi connectivity index (χ1v) is 9.42. The molecular weight excluding hydrogens is 318 g/mol. The third kappa shape index (κ3) is 3.41. The van der Waals surface area contributed by atoms with Crippen molar-refractivity contribution in [1.82, 2.24) is 10.7 Å². The summed E-state index contributed by atoms with van der Waals surface area (Å²) in [5.41, 5.74) is 7.05. The predicted molar refractivity (Wildman–Crippen MR) is 99.2 cm³/mol. The molecule has 0 radical (unpaired) electrons. The molecule has 0 aliphatic heterocycles. The molecule has 4 saturated carbocycles. The third-order valence-corrected chi connectivity index (χ3v) is 6.25. The minimum atomic E-state index is 0.0595. The molecule has 4 nitrogen and oxygen atoms in total. The number of nitrogens with one attached hydrogen (secondary N) is 3. The lowest BCUT2D eigenvalue weighted by Gasteiger charge is -2.56. The Morgan fingerprint density at radius 3 is 2.21 bits per heavy atom. The molecule has 0 atom stereocenters. The van der Waals surface area contributed by atoms with Crippen molar-refractivity contribution in [2.24, 2.45) is 23.2 Å². The lowest BCUT2D eigenvalue weighted by Crippen LogP contribution is -2.49. The first-order chi connectivity index (χ1) is 11.6. The van der Waals surface area contributed by atoms with E-state index in [4.69, 9.17) is 12.2 Å². The van der Waals surface area contributed by atoms with Crippen LogP contribution in [-0.2, 0) is 4.79 Å². The van der Waals surface area contributed by atoms with Gasteiger partial charge in [-0.15, -0.1) is 0 Å². The van der Waals surface area contributed by atoms with Crippen LogP contribution >= 0.6 is 12.2 Å². The standard InChI is InChI=1S/C19H25N3OS/c23-17(20-18(24)22-21-16-4-2-1-3-5-16)12-19-9-13-6-14(10-19)8-15(7-13)11-19/h1-5,13-15,21H,6-12H2,(H2,20,22,23,24). The Balaban J connectivity index is 1.28. The summed E-state index contributed by atoms with van der Waals surface area (Å²) < 4.78 is 0. The normalized spacial score (nSPS) is 33.1. The fraction of sp³-hybridized carbons (Fsp3) is 0.579. The van der Waals surface area contributed by atoms with Crippen LogP contribution in [0.3, 0.4) is 0 Å². The molecule has 4 fully saturated rings. The van der Waals surface area contributed by atoms with Gasteiger partial charge in [-0.2, -0.15) is 0 Å². The summed E-state index contributed by atoms with van der Waals surface area (Å²) in [6, 6.07) is 9.72. The van der Waals surface area contributed by atoms with Crippen molar-refractivity contribution in [2.45, 2.75) is 44.9 Å². The van der Waals surface area contributed by atoms with Gasteiger partial charge >= 0.3 is 0 Å². The van der Waals surface area contributed by atoms with Crippen LogP contribution in [0.1, 0.15) is 44.9 Å². The van der Waals surface area contributed by atoms with Gasteiger partial charge in [-0.05, 0) is 86.0 Å². The summed E-state index contributed by atoms with van der Waals surface area (Å²) >= 11 is 5.23. The lowest BCUT2D eigenvalue weighted by atomic mass is 9.49. The minimum absolute atomic E-state index is 0.0595. The monoisotopic (exact) mass is 343 g/mol. The van der Waals surface area contributed by atoms with Gasteiger partial charge in [0.2, 0.25) is 5.91 Å². The van der Waals surface area contributed by atoms with Crippen molar-refractivity contribution in [3.05, 3.63) is 30.3 Å². The average molecular weight is 343 g/mol. The smallest absolute Gasteiger partial charge is 0.226 e. The van der Waals surface area contributed by atoms with Gasteiger partial charge in [-0.3, -0.25) is 15.6 Å². The van der Waals surface area contributed by atoms with Gasteiger partial charge in [0.05, 0.1) is 5.69 Å². The summed E-state index contributed by atoms with van der Waals surface area (Å²) in [6.07, 6.45) is 8.58. The van der Waals surface area contributed by atoms with E-state index in [2.05, 4.69) is 16.2 Å². The van der Waals surface area contributed by atoms with E-state index < -0.39 is 0 Å². The van der Waals surface area contributed by atoms with E-state index in [0.29, 0.717) is 11.5 Å². The summed E-state index contributed by atoms with van der Waals surface area (Å²) in [6.45, 7) is 0. The van der Waals surface area contributed by atoms with E-state index in [1.807, 2.05) is 30.3 Å². The number of para-hydroxylation sites is 1. The van der Waals surface area contributed by atoms with Crippen molar-refractivity contribution in [2.75, 3.05) is 5.43 Å². The fourth-order valence-electron chi connectivity index (χ4n) is 5.70. The zero-order chi connectivity index (χ0) is 16.6. The lowest BCUT2D eigenvalue weighted by molar-refractivity contribution is -0.128. The van der Waals surface area contributed by atoms with E-state index in [1.54, 1.807) is 0 Å². The molecule has 0 aromatic heterocycles. The van der Waals surface area contributed by atoms with Gasteiger partial charge < -0.3 is 5.32 Å². The number of benzene rings is 1. The van der Waals surface area contributed by atoms with Gasteiger partial charge in [-0.25, -0.2) is 0 Å². The molecule has 1 amide bonds. The summed E-state index contributed by atoms with van der Waals surface area (Å²) in [5, 5.41) is 3.19. The Morgan fingerprint density at radius 1 is 1.04 bits per heavy atom. The second-order valence-electron chi connectivity index (χ2n) is 8.09. The second kappa shape index (κ2) is 6.36. The molecule has 5 heteroatoms. The molecule has 0 saturated heterocycles. The van der Waals surface area contributed by atoms with Crippen molar-refractivity contribution in [3.63, 3.8) is 0 Å². The molecule has 4 aliphatic rings. The van der Waals surface area contributed by atoms with Gasteiger partial charge in [0.1, 0.15) is 0 Å². The van der Waals surface area contributed by atoms with Crippen LogP contribution in [0.2, 0.25) is 0 Å². The molecule has 128 valence electrons. The molecule has 24 heavy (non-hydrogen) atoms. The molecule has 5 rings (SSSR count). The van der Waals surface area contributed by atoms with Crippen molar-refractivity contribution >= 4 is 28.9 Å². The van der Waals surface area contributed by atoms with Crippen LogP contribution in [0.25, 0.3) is 0 Å². The van der Waals surface area contributed by atoms with Crippen molar-refractivity contribution < 1.29 is 4.79 Å². The van der Waals surface area contributed by atoms with Gasteiger partial charge in [0.15, 0.2) is 5.11 Å². The maximum absolute atomic E-state index is 12.5. The number of hydrogen-bond acceptors (Lipinski definition) is 3. The highest BCUT2D eigenvalue weighted by molar-refractivity contribution is 7.80. The quantitative estimate of drug-likeness (QED) is 0.577. The molecular formula is C19H25N3OS. The van der Waals surface area contributed by atoms with Gasteiger partial charge in [0, 0.05) is 6.42 Å². The van der Waals surface area contributed by atoms with Crippen molar-refractivity contribution in [3.8, 4) is 0 Å². The number of thiocarbonyl (C=S) groups is 1. The molecule has 1 aromatic rings. The maximum Gasteiger partial charge on any atom is 0.226 e. The summed E-state index contributed by atoms with van der Waals surface area (Å²) in [7, 11) is 0. The highest BCUT2D eigenvalue weighted by atomic mass is 32.1. The Morgan fingerprint density at radius 2 is 1.62 bits per heavy atom. The largest absolute Gasteiger partial charge is 0.302 e. The average Bonchev–Trinajstić information content (AvgIpc) is 2.52. The van der Waals surface area contributed by atoms with E-state index in [-0.39, 0.29) is 11.3 Å². The van der Waals surface area contributed by atoms with Crippen LogP contribution < -0.4 is 16.2 Å². The molecule has 1 aromatic carbocycles. The van der Waals surface area contributed by atoms with Crippen LogP contribution in [0, 0.1) is 23.2 Å². The first kappa shape index (κ1) is 15.9. The van der Waals surface area contributed by atoms with E-state index >= 15 is 0 Å². The fourth-order valence-corrected chi connectivity index (χ4v) is 5.86. The minimum Gasteiger partial charge on any atom is -0.302 e. The van der Waals surface area contributed by atoms with E-state index in [9.17, 15) is 4.79 Å². The number of carbonyl (C=O) groups excluding carboxylic acids is 1. The molecule has 4 aliphatic carbocycles. The zero-order valence-corrected chi connectivity index (χ0v) is 14.7. The molecule has 0 unspecified atom stereocenters. The highest BCUT2D eigenvalue weighted by Gasteiger charge is 2.51. The molecule has 0 spiro atoms. The number of hydrogen-bond donors (Lipinski definition) is 3. The van der Waals surface area contributed by atoms with Crippen LogP contribution in [0.4, 0.5) is 5.69 Å².